The van der Waals surface area contributed by atoms with Gasteiger partial charge in [-0.25, -0.2) is 4.68 Å². The summed E-state index contributed by atoms with van der Waals surface area (Å²) in [5, 5.41) is 7.41. The van der Waals surface area contributed by atoms with E-state index in [-0.39, 0.29) is 11.7 Å². The van der Waals surface area contributed by atoms with Crippen LogP contribution in [0, 0.1) is 13.8 Å². The smallest absolute Gasteiger partial charge is 0.248 e. The van der Waals surface area contributed by atoms with Crippen LogP contribution in [-0.4, -0.2) is 27.3 Å². The van der Waals surface area contributed by atoms with Gasteiger partial charge in [0, 0.05) is 11.3 Å². The van der Waals surface area contributed by atoms with Crippen LogP contribution in [0.5, 0.6) is 0 Å². The minimum absolute atomic E-state index is 0.127. The van der Waals surface area contributed by atoms with E-state index in [9.17, 15) is 9.59 Å². The van der Waals surface area contributed by atoms with Gasteiger partial charge in [0.05, 0.1) is 27.7 Å². The molecule has 3 rings (SSSR count). The Morgan fingerprint density at radius 3 is 2.37 bits per heavy atom. The molecule has 7 heteroatoms. The molecule has 0 bridgehead atoms. The lowest BCUT2D eigenvalue weighted by Crippen LogP contribution is -2.15. The molecule has 0 saturated heterocycles. The van der Waals surface area contributed by atoms with E-state index >= 15 is 0 Å². The van der Waals surface area contributed by atoms with Crippen LogP contribution in [0.15, 0.2) is 59.5 Å². The Labute approximate surface area is 161 Å². The summed E-state index contributed by atoms with van der Waals surface area (Å²) >= 11 is 1.46. The van der Waals surface area contributed by atoms with Gasteiger partial charge in [0.15, 0.2) is 0 Å². The zero-order valence-electron chi connectivity index (χ0n) is 15.1. The third-order valence-corrected chi connectivity index (χ3v) is 5.31. The number of anilines is 1. The van der Waals surface area contributed by atoms with Crippen molar-refractivity contribution >= 4 is 29.3 Å². The summed E-state index contributed by atoms with van der Waals surface area (Å²) in [4.78, 5) is 24.3. The molecule has 0 radical (unpaired) electrons. The van der Waals surface area contributed by atoms with E-state index in [0.29, 0.717) is 11.3 Å². The Morgan fingerprint density at radius 2 is 1.74 bits per heavy atom. The number of nitrogens with one attached hydrogen (secondary N) is 1. The number of rotatable bonds is 6. The molecule has 0 fully saturated rings. The molecule has 27 heavy (non-hydrogen) atoms. The molecule has 0 aliphatic heterocycles. The van der Waals surface area contributed by atoms with E-state index in [2.05, 4.69) is 10.4 Å². The number of para-hydroxylation sites is 1. The molecule has 0 atom stereocenters. The summed E-state index contributed by atoms with van der Waals surface area (Å²) in [6, 6.07) is 16.4. The highest BCUT2D eigenvalue weighted by atomic mass is 32.2. The van der Waals surface area contributed by atoms with Crippen molar-refractivity contribution in [2.24, 2.45) is 5.73 Å². The maximum absolute atomic E-state index is 12.3. The van der Waals surface area contributed by atoms with E-state index < -0.39 is 5.91 Å². The van der Waals surface area contributed by atoms with Crippen molar-refractivity contribution in [3.63, 3.8) is 0 Å². The average Bonchev–Trinajstić information content (AvgIpc) is 2.95. The molecule has 3 N–H and O–H groups in total. The molecular formula is C20H20N4O2S. The van der Waals surface area contributed by atoms with Crippen LogP contribution in [0.1, 0.15) is 21.7 Å². The Balaban J connectivity index is 1.65. The van der Waals surface area contributed by atoms with Crippen LogP contribution >= 0.6 is 11.8 Å². The predicted octanol–water partition coefficient (Wildman–Crippen LogP) is 3.32. The first-order valence-corrected chi connectivity index (χ1v) is 9.38. The lowest BCUT2D eigenvalue weighted by atomic mass is 10.2. The second-order valence-corrected chi connectivity index (χ2v) is 7.01. The molecule has 0 aliphatic carbocycles. The minimum Gasteiger partial charge on any atom is -0.366 e. The normalized spacial score (nSPS) is 10.6. The predicted molar refractivity (Wildman–Crippen MR) is 107 cm³/mol. The molecule has 0 spiro atoms. The number of aryl methyl sites for hydroxylation is 1. The standard InChI is InChI=1S/C20H20N4O2S/c1-13-19(14(2)24(23-13)17-6-4-3-5-7-17)27-12-18(25)22-16-10-8-15(9-11-16)20(21)26/h3-11H,12H2,1-2H3,(H2,21,26)(H,22,25). The second-order valence-electron chi connectivity index (χ2n) is 6.03. The van der Waals surface area contributed by atoms with Crippen molar-refractivity contribution in [1.29, 1.82) is 0 Å². The SMILES string of the molecule is Cc1nn(-c2ccccc2)c(C)c1SCC(=O)Nc1ccc(C(N)=O)cc1. The third-order valence-electron chi connectivity index (χ3n) is 4.03. The van der Waals surface area contributed by atoms with Crippen molar-refractivity contribution < 1.29 is 9.59 Å². The highest BCUT2D eigenvalue weighted by molar-refractivity contribution is 8.00. The molecule has 1 aromatic heterocycles. The fourth-order valence-corrected chi connectivity index (χ4v) is 3.60. The molecular weight excluding hydrogens is 360 g/mol. The number of hydrogen-bond acceptors (Lipinski definition) is 4. The van der Waals surface area contributed by atoms with Crippen LogP contribution in [-0.2, 0) is 4.79 Å². The molecule has 138 valence electrons. The monoisotopic (exact) mass is 380 g/mol. The van der Waals surface area contributed by atoms with E-state index in [0.717, 1.165) is 22.0 Å². The first-order chi connectivity index (χ1) is 13.0. The molecule has 0 aliphatic rings. The topological polar surface area (TPSA) is 90.0 Å². The van der Waals surface area contributed by atoms with Gasteiger partial charge in [0.25, 0.3) is 0 Å². The van der Waals surface area contributed by atoms with Crippen LogP contribution in [0.2, 0.25) is 0 Å². The molecule has 0 unspecified atom stereocenters. The summed E-state index contributed by atoms with van der Waals surface area (Å²) in [6.45, 7) is 3.94. The zero-order valence-corrected chi connectivity index (χ0v) is 15.9. The quantitative estimate of drug-likeness (QED) is 0.642. The molecule has 6 nitrogen and oxygen atoms in total. The van der Waals surface area contributed by atoms with Gasteiger partial charge in [0.2, 0.25) is 11.8 Å². The maximum atomic E-state index is 12.3. The van der Waals surface area contributed by atoms with Gasteiger partial charge in [0.1, 0.15) is 0 Å². The maximum Gasteiger partial charge on any atom is 0.248 e. The van der Waals surface area contributed by atoms with Crippen molar-refractivity contribution in [3.8, 4) is 5.69 Å². The number of aromatic nitrogens is 2. The van der Waals surface area contributed by atoms with E-state index in [1.807, 2.05) is 48.9 Å². The summed E-state index contributed by atoms with van der Waals surface area (Å²) in [5.41, 5.74) is 9.12. The summed E-state index contributed by atoms with van der Waals surface area (Å²) in [7, 11) is 0. The molecule has 2 amide bonds. The number of primary amides is 1. The zero-order chi connectivity index (χ0) is 19.4. The van der Waals surface area contributed by atoms with Crippen molar-refractivity contribution in [3.05, 3.63) is 71.5 Å². The highest BCUT2D eigenvalue weighted by Gasteiger charge is 2.15. The minimum atomic E-state index is -0.496. The largest absolute Gasteiger partial charge is 0.366 e. The number of nitrogens with two attached hydrogens (primary N) is 1. The molecule has 1 heterocycles. The number of thioether (sulfide) groups is 1. The fraction of sp³-hybridized carbons (Fsp3) is 0.150. The van der Waals surface area contributed by atoms with Gasteiger partial charge >= 0.3 is 0 Å². The van der Waals surface area contributed by atoms with Gasteiger partial charge in [-0.1, -0.05) is 18.2 Å². The number of carbonyl (C=O) groups is 2. The van der Waals surface area contributed by atoms with Gasteiger partial charge in [-0.05, 0) is 50.2 Å². The Bertz CT molecular complexity index is 966. The van der Waals surface area contributed by atoms with Crippen molar-refractivity contribution in [2.45, 2.75) is 18.7 Å². The first kappa shape index (κ1) is 18.7. The lowest BCUT2D eigenvalue weighted by Gasteiger charge is -2.07. The third kappa shape index (κ3) is 4.38. The van der Waals surface area contributed by atoms with E-state index in [1.54, 1.807) is 24.3 Å². The highest BCUT2D eigenvalue weighted by Crippen LogP contribution is 2.28. The van der Waals surface area contributed by atoms with Gasteiger partial charge < -0.3 is 11.1 Å². The van der Waals surface area contributed by atoms with Gasteiger partial charge in [-0.15, -0.1) is 11.8 Å². The molecule has 3 aromatic rings. The Morgan fingerprint density at radius 1 is 1.07 bits per heavy atom. The summed E-state index contributed by atoms with van der Waals surface area (Å²) in [6.07, 6.45) is 0. The summed E-state index contributed by atoms with van der Waals surface area (Å²) in [5.74, 6) is -0.359. The molecule has 2 aromatic carbocycles. The van der Waals surface area contributed by atoms with Gasteiger partial charge in [-0.2, -0.15) is 5.10 Å². The van der Waals surface area contributed by atoms with Crippen LogP contribution < -0.4 is 11.1 Å². The summed E-state index contributed by atoms with van der Waals surface area (Å²) < 4.78 is 1.89. The van der Waals surface area contributed by atoms with Gasteiger partial charge in [-0.3, -0.25) is 9.59 Å². The number of benzene rings is 2. The number of amides is 2. The van der Waals surface area contributed by atoms with Crippen LogP contribution in [0.4, 0.5) is 5.69 Å². The fourth-order valence-electron chi connectivity index (χ4n) is 2.71. The van der Waals surface area contributed by atoms with Crippen molar-refractivity contribution in [2.75, 3.05) is 11.1 Å². The van der Waals surface area contributed by atoms with Crippen LogP contribution in [0.3, 0.4) is 0 Å². The van der Waals surface area contributed by atoms with E-state index in [1.165, 1.54) is 11.8 Å². The second kappa shape index (κ2) is 8.09. The average molecular weight is 380 g/mol. The number of nitrogens with zero attached hydrogens (tertiary/aromatic N) is 2. The number of carbonyl (C=O) groups excluding carboxylic acids is 2. The lowest BCUT2D eigenvalue weighted by molar-refractivity contribution is -0.113. The van der Waals surface area contributed by atoms with E-state index in [4.69, 9.17) is 5.73 Å². The van der Waals surface area contributed by atoms with Crippen molar-refractivity contribution in [1.82, 2.24) is 9.78 Å². The van der Waals surface area contributed by atoms with Crippen LogP contribution in [0.25, 0.3) is 5.69 Å². The first-order valence-electron chi connectivity index (χ1n) is 8.40. The molecule has 0 saturated carbocycles. The number of hydrogen-bond donors (Lipinski definition) is 2. The Kier molecular flexibility index (Phi) is 5.61. The Hall–Kier alpha value is -3.06.